The first kappa shape index (κ1) is 20.1. The van der Waals surface area contributed by atoms with E-state index in [9.17, 15) is 29.8 Å². The minimum atomic E-state index is -0.544. The summed E-state index contributed by atoms with van der Waals surface area (Å²) in [5, 5.41) is 31.1. The lowest BCUT2D eigenvalue weighted by Crippen LogP contribution is -2.38. The SMILES string of the molecule is O=C(NCCNC(=O)Nc1ccc([N+](=O)[O-])cc1)Nc1ccc([N+](=O)[O-])cc1. The summed E-state index contributed by atoms with van der Waals surface area (Å²) < 4.78 is 0. The van der Waals surface area contributed by atoms with Gasteiger partial charge in [-0.2, -0.15) is 0 Å². The molecule has 2 rings (SSSR count). The van der Waals surface area contributed by atoms with Gasteiger partial charge in [0.15, 0.2) is 0 Å². The Hall–Kier alpha value is -4.22. The van der Waals surface area contributed by atoms with E-state index in [4.69, 9.17) is 0 Å². The molecule has 4 amide bonds. The van der Waals surface area contributed by atoms with E-state index in [1.165, 1.54) is 48.5 Å². The van der Waals surface area contributed by atoms with Gasteiger partial charge in [-0.3, -0.25) is 20.2 Å². The van der Waals surface area contributed by atoms with Crippen LogP contribution in [-0.4, -0.2) is 35.0 Å². The predicted molar refractivity (Wildman–Crippen MR) is 100 cm³/mol. The first-order valence-corrected chi connectivity index (χ1v) is 7.94. The standard InChI is InChI=1S/C16H16N6O6/c23-15(19-11-1-5-13(6-2-11)21(25)26)17-9-10-18-16(24)20-12-3-7-14(8-4-12)22(27)28/h1-8H,9-10H2,(H2,17,19,23)(H2,18,20,24). The largest absolute Gasteiger partial charge is 0.336 e. The number of urea groups is 2. The van der Waals surface area contributed by atoms with Crippen LogP contribution in [0.4, 0.5) is 32.3 Å². The van der Waals surface area contributed by atoms with Crippen molar-refractivity contribution in [3.8, 4) is 0 Å². The highest BCUT2D eigenvalue weighted by Gasteiger charge is 2.07. The average Bonchev–Trinajstić information content (AvgIpc) is 2.66. The van der Waals surface area contributed by atoms with Gasteiger partial charge in [-0.15, -0.1) is 0 Å². The fourth-order valence-electron chi connectivity index (χ4n) is 2.04. The fraction of sp³-hybridized carbons (Fsp3) is 0.125. The van der Waals surface area contributed by atoms with Crippen LogP contribution in [0.25, 0.3) is 0 Å². The zero-order chi connectivity index (χ0) is 20.5. The van der Waals surface area contributed by atoms with Crippen LogP contribution in [-0.2, 0) is 0 Å². The number of rotatable bonds is 7. The number of non-ortho nitro benzene ring substituents is 2. The third-order valence-corrected chi connectivity index (χ3v) is 3.37. The van der Waals surface area contributed by atoms with Crippen molar-refractivity contribution in [1.82, 2.24) is 10.6 Å². The summed E-state index contributed by atoms with van der Waals surface area (Å²) in [5.74, 6) is 0. The zero-order valence-corrected chi connectivity index (χ0v) is 14.4. The number of benzene rings is 2. The summed E-state index contributed by atoms with van der Waals surface area (Å²) in [6, 6.07) is 9.57. The second kappa shape index (κ2) is 9.47. The Labute approximate surface area is 158 Å². The number of hydrogen-bond acceptors (Lipinski definition) is 6. The second-order valence-electron chi connectivity index (χ2n) is 5.37. The zero-order valence-electron chi connectivity index (χ0n) is 14.4. The van der Waals surface area contributed by atoms with Crippen LogP contribution >= 0.6 is 0 Å². The van der Waals surface area contributed by atoms with Gasteiger partial charge in [0.25, 0.3) is 11.4 Å². The third kappa shape index (κ3) is 6.25. The Balaban J connectivity index is 1.67. The lowest BCUT2D eigenvalue weighted by molar-refractivity contribution is -0.385. The van der Waals surface area contributed by atoms with E-state index in [0.29, 0.717) is 11.4 Å². The van der Waals surface area contributed by atoms with E-state index in [2.05, 4.69) is 21.3 Å². The molecule has 0 heterocycles. The molecule has 0 saturated carbocycles. The Morgan fingerprint density at radius 1 is 0.679 bits per heavy atom. The molecule has 0 radical (unpaired) electrons. The van der Waals surface area contributed by atoms with E-state index in [1.54, 1.807) is 0 Å². The molecule has 0 fully saturated rings. The molecule has 0 aliphatic heterocycles. The molecule has 12 nitrogen and oxygen atoms in total. The van der Waals surface area contributed by atoms with Crippen molar-refractivity contribution in [2.45, 2.75) is 0 Å². The highest BCUT2D eigenvalue weighted by atomic mass is 16.6. The van der Waals surface area contributed by atoms with Gasteiger partial charge in [-0.25, -0.2) is 9.59 Å². The first-order chi connectivity index (χ1) is 13.3. The normalized spacial score (nSPS) is 9.86. The Morgan fingerprint density at radius 2 is 1.00 bits per heavy atom. The molecule has 4 N–H and O–H groups in total. The molecule has 12 heteroatoms. The Morgan fingerprint density at radius 3 is 1.29 bits per heavy atom. The minimum absolute atomic E-state index is 0.0887. The highest BCUT2D eigenvalue weighted by molar-refractivity contribution is 5.90. The number of nitrogens with zero attached hydrogens (tertiary/aromatic N) is 2. The van der Waals surface area contributed by atoms with Crippen LogP contribution in [0.15, 0.2) is 48.5 Å². The lowest BCUT2D eigenvalue weighted by Gasteiger charge is -2.09. The minimum Gasteiger partial charge on any atom is -0.336 e. The molecule has 2 aromatic rings. The number of carbonyl (C=O) groups excluding carboxylic acids is 2. The quantitative estimate of drug-likeness (QED) is 0.322. The van der Waals surface area contributed by atoms with Gasteiger partial charge in [-0.05, 0) is 24.3 Å². The maximum atomic E-state index is 11.7. The Kier molecular flexibility index (Phi) is 6.80. The van der Waals surface area contributed by atoms with Gasteiger partial charge in [0, 0.05) is 48.7 Å². The van der Waals surface area contributed by atoms with E-state index in [-0.39, 0.29) is 24.5 Å². The van der Waals surface area contributed by atoms with E-state index in [1.807, 2.05) is 0 Å². The smallest absolute Gasteiger partial charge is 0.319 e. The van der Waals surface area contributed by atoms with Crippen molar-refractivity contribution in [3.05, 3.63) is 68.8 Å². The summed E-state index contributed by atoms with van der Waals surface area (Å²) >= 11 is 0. The number of carbonyl (C=O) groups is 2. The monoisotopic (exact) mass is 388 g/mol. The van der Waals surface area contributed by atoms with Gasteiger partial charge in [-0.1, -0.05) is 0 Å². The van der Waals surface area contributed by atoms with E-state index >= 15 is 0 Å². The molecule has 28 heavy (non-hydrogen) atoms. The van der Waals surface area contributed by atoms with Crippen molar-refractivity contribution in [3.63, 3.8) is 0 Å². The fourth-order valence-corrected chi connectivity index (χ4v) is 2.04. The van der Waals surface area contributed by atoms with Gasteiger partial charge >= 0.3 is 12.1 Å². The first-order valence-electron chi connectivity index (χ1n) is 7.94. The number of amides is 4. The lowest BCUT2D eigenvalue weighted by atomic mass is 10.3. The van der Waals surface area contributed by atoms with Crippen LogP contribution in [0.5, 0.6) is 0 Å². The van der Waals surface area contributed by atoms with Crippen molar-refractivity contribution in [2.24, 2.45) is 0 Å². The van der Waals surface area contributed by atoms with Crippen molar-refractivity contribution in [2.75, 3.05) is 23.7 Å². The van der Waals surface area contributed by atoms with E-state index < -0.39 is 21.9 Å². The molecule has 0 aliphatic rings. The molecule has 0 aliphatic carbocycles. The molecule has 0 bridgehead atoms. The summed E-state index contributed by atoms with van der Waals surface area (Å²) in [7, 11) is 0. The van der Waals surface area contributed by atoms with Crippen LogP contribution in [0.1, 0.15) is 0 Å². The van der Waals surface area contributed by atoms with Gasteiger partial charge in [0.05, 0.1) is 9.85 Å². The highest BCUT2D eigenvalue weighted by Crippen LogP contribution is 2.16. The van der Waals surface area contributed by atoms with Crippen molar-refractivity contribution in [1.29, 1.82) is 0 Å². The Bertz CT molecular complexity index is 795. The van der Waals surface area contributed by atoms with Crippen LogP contribution < -0.4 is 21.3 Å². The predicted octanol–water partition coefficient (Wildman–Crippen LogP) is 2.45. The van der Waals surface area contributed by atoms with Crippen LogP contribution in [0.3, 0.4) is 0 Å². The summed E-state index contributed by atoms with van der Waals surface area (Å²) in [4.78, 5) is 43.5. The topological polar surface area (TPSA) is 169 Å². The molecule has 0 unspecified atom stereocenters. The maximum Gasteiger partial charge on any atom is 0.319 e. The number of nitro groups is 2. The number of nitro benzene ring substituents is 2. The summed E-state index contributed by atoms with van der Waals surface area (Å²) in [6.45, 7) is 0.263. The molecule has 0 saturated heterocycles. The number of nitrogens with one attached hydrogen (secondary N) is 4. The maximum absolute atomic E-state index is 11.7. The van der Waals surface area contributed by atoms with Crippen molar-refractivity contribution < 1.29 is 19.4 Å². The summed E-state index contributed by atoms with van der Waals surface area (Å²) in [5.41, 5.74) is 0.585. The second-order valence-corrected chi connectivity index (χ2v) is 5.37. The molecule has 0 spiro atoms. The van der Waals surface area contributed by atoms with Gasteiger partial charge in [0.1, 0.15) is 0 Å². The van der Waals surface area contributed by atoms with E-state index in [0.717, 1.165) is 0 Å². The molecule has 0 aromatic heterocycles. The number of hydrogen-bond donors (Lipinski definition) is 4. The van der Waals surface area contributed by atoms with Crippen molar-refractivity contribution >= 4 is 34.8 Å². The molecule has 146 valence electrons. The third-order valence-electron chi connectivity index (χ3n) is 3.37. The molecular weight excluding hydrogens is 372 g/mol. The molecule has 0 atom stereocenters. The average molecular weight is 388 g/mol. The summed E-state index contributed by atoms with van der Waals surface area (Å²) in [6.07, 6.45) is 0. The van der Waals surface area contributed by atoms with Gasteiger partial charge < -0.3 is 21.3 Å². The van der Waals surface area contributed by atoms with Gasteiger partial charge in [0.2, 0.25) is 0 Å². The van der Waals surface area contributed by atoms with Crippen LogP contribution in [0, 0.1) is 20.2 Å². The van der Waals surface area contributed by atoms with Crippen LogP contribution in [0.2, 0.25) is 0 Å². The number of anilines is 2. The molecule has 2 aromatic carbocycles. The molecular formula is C16H16N6O6.